The van der Waals surface area contributed by atoms with Crippen molar-refractivity contribution in [3.63, 3.8) is 0 Å². The van der Waals surface area contributed by atoms with Gasteiger partial charge in [0.15, 0.2) is 0 Å². The molecule has 0 heterocycles. The molecule has 2 heteroatoms. The Labute approximate surface area is 83.6 Å². The summed E-state index contributed by atoms with van der Waals surface area (Å²) >= 11 is 0. The summed E-state index contributed by atoms with van der Waals surface area (Å²) in [4.78, 5) is 0. The van der Waals surface area contributed by atoms with Gasteiger partial charge in [-0.25, -0.2) is 4.39 Å². The Morgan fingerprint density at radius 1 is 1.14 bits per heavy atom. The number of aliphatic hydroxyl groups is 1. The fourth-order valence-electron chi connectivity index (χ4n) is 2.14. The second kappa shape index (κ2) is 4.09. The molecule has 1 aliphatic rings. The summed E-state index contributed by atoms with van der Waals surface area (Å²) in [6.45, 7) is 0.319. The number of hydrogen-bond donors (Lipinski definition) is 1. The average molecular weight is 194 g/mol. The molecule has 0 aliphatic heterocycles. The van der Waals surface area contributed by atoms with E-state index in [1.54, 1.807) is 0 Å². The number of rotatable bonds is 3. The summed E-state index contributed by atoms with van der Waals surface area (Å²) in [5, 5.41) is 8.86. The van der Waals surface area contributed by atoms with Crippen LogP contribution >= 0.6 is 0 Å². The number of aliphatic hydroxyl groups excluding tert-OH is 1. The van der Waals surface area contributed by atoms with E-state index in [2.05, 4.69) is 0 Å². The summed E-state index contributed by atoms with van der Waals surface area (Å²) in [5.41, 5.74) is 1.20. The minimum atomic E-state index is -0.171. The van der Waals surface area contributed by atoms with Gasteiger partial charge in [0.1, 0.15) is 5.82 Å². The first-order valence-electron chi connectivity index (χ1n) is 5.13. The van der Waals surface area contributed by atoms with E-state index in [-0.39, 0.29) is 5.82 Å². The van der Waals surface area contributed by atoms with Crippen molar-refractivity contribution in [1.29, 1.82) is 0 Å². The summed E-state index contributed by atoms with van der Waals surface area (Å²) in [6.07, 6.45) is 3.26. The van der Waals surface area contributed by atoms with Gasteiger partial charge in [0, 0.05) is 6.61 Å². The fraction of sp³-hybridized carbons (Fsp3) is 0.500. The zero-order chi connectivity index (χ0) is 9.97. The molecule has 0 saturated heterocycles. The maximum atomic E-state index is 12.6. The monoisotopic (exact) mass is 194 g/mol. The second-order valence-corrected chi connectivity index (χ2v) is 4.22. The molecular weight excluding hydrogens is 179 g/mol. The van der Waals surface area contributed by atoms with Crippen molar-refractivity contribution in [1.82, 2.24) is 0 Å². The second-order valence-electron chi connectivity index (χ2n) is 4.22. The molecule has 0 aromatic heterocycles. The molecule has 1 nitrogen and oxygen atoms in total. The molecule has 2 rings (SSSR count). The zero-order valence-electron chi connectivity index (χ0n) is 8.12. The molecule has 0 spiro atoms. The third-order valence-electron chi connectivity index (χ3n) is 3.03. The van der Waals surface area contributed by atoms with Gasteiger partial charge in [-0.2, -0.15) is 0 Å². The molecule has 0 bridgehead atoms. The molecule has 0 radical (unpaired) electrons. The van der Waals surface area contributed by atoms with E-state index in [9.17, 15) is 4.39 Å². The van der Waals surface area contributed by atoms with E-state index in [0.29, 0.717) is 18.4 Å². The molecule has 76 valence electrons. The van der Waals surface area contributed by atoms with Crippen molar-refractivity contribution in [2.75, 3.05) is 6.61 Å². The Bertz CT molecular complexity index is 288. The van der Waals surface area contributed by atoms with Crippen LogP contribution in [0.2, 0.25) is 0 Å². The van der Waals surface area contributed by atoms with Crippen LogP contribution in [0.3, 0.4) is 0 Å². The molecule has 0 atom stereocenters. The minimum Gasteiger partial charge on any atom is -0.396 e. The summed E-state index contributed by atoms with van der Waals surface area (Å²) in [5.74, 6) is 1.04. The van der Waals surface area contributed by atoms with Crippen molar-refractivity contribution in [2.45, 2.75) is 19.3 Å². The SMILES string of the molecule is OCC1CC(Cc2ccc(F)cc2)C1. The van der Waals surface area contributed by atoms with Gasteiger partial charge in [-0.1, -0.05) is 12.1 Å². The van der Waals surface area contributed by atoms with Gasteiger partial charge < -0.3 is 5.11 Å². The largest absolute Gasteiger partial charge is 0.396 e. The molecule has 1 aliphatic carbocycles. The summed E-state index contributed by atoms with van der Waals surface area (Å²) in [6, 6.07) is 6.72. The number of hydrogen-bond acceptors (Lipinski definition) is 1. The standard InChI is InChI=1S/C12H15FO/c13-12-3-1-9(2-4-12)5-10-6-11(7-10)8-14/h1-4,10-11,14H,5-8H2. The van der Waals surface area contributed by atoms with Crippen molar-refractivity contribution in [2.24, 2.45) is 11.8 Å². The highest BCUT2D eigenvalue weighted by molar-refractivity contribution is 5.17. The highest BCUT2D eigenvalue weighted by Gasteiger charge is 2.28. The molecule has 0 amide bonds. The normalized spacial score (nSPS) is 25.9. The van der Waals surface area contributed by atoms with Crippen LogP contribution < -0.4 is 0 Å². The highest BCUT2D eigenvalue weighted by Crippen LogP contribution is 2.35. The fourth-order valence-corrected chi connectivity index (χ4v) is 2.14. The lowest BCUT2D eigenvalue weighted by Gasteiger charge is -2.34. The van der Waals surface area contributed by atoms with Gasteiger partial charge in [-0.3, -0.25) is 0 Å². The van der Waals surface area contributed by atoms with Gasteiger partial charge in [-0.15, -0.1) is 0 Å². The van der Waals surface area contributed by atoms with Crippen LogP contribution in [0.25, 0.3) is 0 Å². The van der Waals surface area contributed by atoms with Crippen LogP contribution in [0, 0.1) is 17.7 Å². The molecule has 1 aromatic rings. The summed E-state index contributed by atoms with van der Waals surface area (Å²) < 4.78 is 12.6. The van der Waals surface area contributed by atoms with Gasteiger partial charge in [0.05, 0.1) is 0 Å². The zero-order valence-corrected chi connectivity index (χ0v) is 8.12. The maximum absolute atomic E-state index is 12.6. The predicted molar refractivity (Wildman–Crippen MR) is 53.4 cm³/mol. The van der Waals surface area contributed by atoms with Gasteiger partial charge in [0.25, 0.3) is 0 Å². The van der Waals surface area contributed by atoms with Crippen LogP contribution in [0.1, 0.15) is 18.4 Å². The Morgan fingerprint density at radius 2 is 1.79 bits per heavy atom. The molecule has 1 N–H and O–H groups in total. The smallest absolute Gasteiger partial charge is 0.123 e. The van der Waals surface area contributed by atoms with Crippen LogP contribution in [-0.2, 0) is 6.42 Å². The topological polar surface area (TPSA) is 20.2 Å². The molecular formula is C12H15FO. The van der Waals surface area contributed by atoms with E-state index in [1.807, 2.05) is 12.1 Å². The third kappa shape index (κ3) is 2.13. The minimum absolute atomic E-state index is 0.171. The highest BCUT2D eigenvalue weighted by atomic mass is 19.1. The molecule has 1 aromatic carbocycles. The van der Waals surface area contributed by atoms with Gasteiger partial charge in [-0.05, 0) is 48.8 Å². The van der Waals surface area contributed by atoms with Crippen molar-refractivity contribution in [3.05, 3.63) is 35.6 Å². The first kappa shape index (κ1) is 9.66. The van der Waals surface area contributed by atoms with E-state index < -0.39 is 0 Å². The number of benzene rings is 1. The molecule has 0 unspecified atom stereocenters. The van der Waals surface area contributed by atoms with E-state index in [4.69, 9.17) is 5.11 Å². The van der Waals surface area contributed by atoms with Crippen LogP contribution in [-0.4, -0.2) is 11.7 Å². The lowest BCUT2D eigenvalue weighted by Crippen LogP contribution is -2.27. The first-order chi connectivity index (χ1) is 6.78. The molecule has 1 fully saturated rings. The van der Waals surface area contributed by atoms with Crippen LogP contribution in [0.4, 0.5) is 4.39 Å². The predicted octanol–water partition coefficient (Wildman–Crippen LogP) is 2.39. The van der Waals surface area contributed by atoms with Gasteiger partial charge in [0.2, 0.25) is 0 Å². The van der Waals surface area contributed by atoms with E-state index >= 15 is 0 Å². The Kier molecular flexibility index (Phi) is 2.82. The average Bonchev–Trinajstić information content (AvgIpc) is 2.13. The Morgan fingerprint density at radius 3 is 2.36 bits per heavy atom. The quantitative estimate of drug-likeness (QED) is 0.783. The first-order valence-corrected chi connectivity index (χ1v) is 5.13. The molecule has 1 saturated carbocycles. The lowest BCUT2D eigenvalue weighted by molar-refractivity contribution is 0.107. The van der Waals surface area contributed by atoms with Gasteiger partial charge >= 0.3 is 0 Å². The van der Waals surface area contributed by atoms with Crippen LogP contribution in [0.5, 0.6) is 0 Å². The van der Waals surface area contributed by atoms with E-state index in [1.165, 1.54) is 17.7 Å². The Balaban J connectivity index is 1.84. The summed E-state index contributed by atoms with van der Waals surface area (Å²) in [7, 11) is 0. The maximum Gasteiger partial charge on any atom is 0.123 e. The van der Waals surface area contributed by atoms with Crippen molar-refractivity contribution in [3.8, 4) is 0 Å². The molecule has 14 heavy (non-hydrogen) atoms. The van der Waals surface area contributed by atoms with Crippen LogP contribution in [0.15, 0.2) is 24.3 Å². The van der Waals surface area contributed by atoms with E-state index in [0.717, 1.165) is 19.3 Å². The Hall–Kier alpha value is -0.890. The third-order valence-corrected chi connectivity index (χ3v) is 3.03. The van der Waals surface area contributed by atoms with Crippen molar-refractivity contribution >= 4 is 0 Å². The lowest BCUT2D eigenvalue weighted by atomic mass is 9.72. The van der Waals surface area contributed by atoms with Crippen molar-refractivity contribution < 1.29 is 9.50 Å². The number of halogens is 1.